The Morgan fingerprint density at radius 1 is 1.06 bits per heavy atom. The number of nitrogens with one attached hydrogen (secondary N) is 1. The summed E-state index contributed by atoms with van der Waals surface area (Å²) in [6.07, 6.45) is 0. The van der Waals surface area contributed by atoms with Crippen molar-refractivity contribution in [3.05, 3.63) is 74.1 Å². The molecule has 0 fully saturated rings. The van der Waals surface area contributed by atoms with E-state index < -0.39 is 16.8 Å². The average Bonchev–Trinajstić information content (AvgIpc) is 3.07. The van der Waals surface area contributed by atoms with Gasteiger partial charge in [-0.3, -0.25) is 14.9 Å². The number of nitrogens with zero attached hydrogens (tertiary/aromatic N) is 1. The monoisotopic (exact) mass is 468 g/mol. The maximum absolute atomic E-state index is 12.8. The first-order chi connectivity index (χ1) is 15.7. The highest BCUT2D eigenvalue weighted by Crippen LogP contribution is 2.40. The van der Waals surface area contributed by atoms with Crippen LogP contribution >= 0.6 is 11.3 Å². The molecular weight excluding hydrogens is 444 g/mol. The normalized spacial score (nSPS) is 10.5. The summed E-state index contributed by atoms with van der Waals surface area (Å²) in [4.78, 5) is 36.6. The molecule has 9 heteroatoms. The minimum absolute atomic E-state index is 0.0543. The van der Waals surface area contributed by atoms with Crippen LogP contribution in [0.4, 0.5) is 10.7 Å². The van der Waals surface area contributed by atoms with E-state index in [-0.39, 0.29) is 24.5 Å². The number of nitro benzene ring substituents is 1. The molecule has 0 atom stereocenters. The lowest BCUT2D eigenvalue weighted by Crippen LogP contribution is -2.21. The fourth-order valence-corrected chi connectivity index (χ4v) is 4.54. The number of nitro groups is 1. The molecule has 3 rings (SSSR count). The molecule has 2 aromatic carbocycles. The summed E-state index contributed by atoms with van der Waals surface area (Å²) in [5, 5.41) is 14.1. The van der Waals surface area contributed by atoms with Gasteiger partial charge in [-0.25, -0.2) is 4.79 Å². The van der Waals surface area contributed by atoms with Gasteiger partial charge >= 0.3 is 5.97 Å². The van der Waals surface area contributed by atoms with Gasteiger partial charge in [0.15, 0.2) is 6.61 Å². The van der Waals surface area contributed by atoms with Crippen molar-refractivity contribution in [3.63, 3.8) is 0 Å². The Labute approximate surface area is 195 Å². The minimum Gasteiger partial charge on any atom is -0.484 e. The molecule has 3 aromatic rings. The lowest BCUT2D eigenvalue weighted by Gasteiger charge is -2.10. The van der Waals surface area contributed by atoms with Gasteiger partial charge in [0.25, 0.3) is 11.6 Å². The van der Waals surface area contributed by atoms with Crippen molar-refractivity contribution >= 4 is 33.9 Å². The SMILES string of the molecule is CCOC(=O)c1c(NC(=O)COc2cc(C)cc(C)c2)sc(C)c1-c1ccc([N+](=O)[O-])cc1. The van der Waals surface area contributed by atoms with E-state index in [1.807, 2.05) is 39.0 Å². The van der Waals surface area contributed by atoms with Gasteiger partial charge < -0.3 is 14.8 Å². The molecule has 0 saturated heterocycles. The summed E-state index contributed by atoms with van der Waals surface area (Å²) in [6.45, 7) is 7.33. The number of ether oxygens (including phenoxy) is 2. The van der Waals surface area contributed by atoms with Crippen LogP contribution in [0.25, 0.3) is 11.1 Å². The third kappa shape index (κ3) is 5.75. The summed E-state index contributed by atoms with van der Waals surface area (Å²) in [6, 6.07) is 11.6. The Bertz CT molecular complexity index is 1180. The van der Waals surface area contributed by atoms with Gasteiger partial charge in [-0.05, 0) is 68.7 Å². The number of anilines is 1. The van der Waals surface area contributed by atoms with Crippen molar-refractivity contribution < 1.29 is 24.0 Å². The van der Waals surface area contributed by atoms with Crippen LogP contribution in [0.1, 0.15) is 33.3 Å². The van der Waals surface area contributed by atoms with Crippen LogP contribution in [-0.2, 0) is 9.53 Å². The Balaban J connectivity index is 1.88. The van der Waals surface area contributed by atoms with Crippen molar-refractivity contribution in [2.45, 2.75) is 27.7 Å². The van der Waals surface area contributed by atoms with E-state index in [1.54, 1.807) is 19.1 Å². The molecule has 1 amide bonds. The van der Waals surface area contributed by atoms with Crippen LogP contribution < -0.4 is 10.1 Å². The van der Waals surface area contributed by atoms with Crippen molar-refractivity contribution in [1.29, 1.82) is 0 Å². The number of carbonyl (C=O) groups is 2. The summed E-state index contributed by atoms with van der Waals surface area (Å²) in [7, 11) is 0. The Hall–Kier alpha value is -3.72. The smallest absolute Gasteiger partial charge is 0.341 e. The van der Waals surface area contributed by atoms with E-state index in [9.17, 15) is 19.7 Å². The van der Waals surface area contributed by atoms with E-state index in [0.717, 1.165) is 16.0 Å². The number of benzene rings is 2. The van der Waals surface area contributed by atoms with Gasteiger partial charge in [0.1, 0.15) is 16.3 Å². The number of esters is 1. The van der Waals surface area contributed by atoms with E-state index in [2.05, 4.69) is 5.32 Å². The second-order valence-corrected chi connectivity index (χ2v) is 8.65. The number of thiophene rings is 1. The summed E-state index contributed by atoms with van der Waals surface area (Å²) in [5.41, 5.74) is 3.39. The van der Waals surface area contributed by atoms with Crippen LogP contribution in [0.2, 0.25) is 0 Å². The van der Waals surface area contributed by atoms with Crippen molar-refractivity contribution in [1.82, 2.24) is 0 Å². The molecule has 1 aromatic heterocycles. The van der Waals surface area contributed by atoms with Crippen molar-refractivity contribution in [2.24, 2.45) is 0 Å². The maximum atomic E-state index is 12.8. The molecule has 172 valence electrons. The molecular formula is C24H24N2O6S. The van der Waals surface area contributed by atoms with Crippen molar-refractivity contribution in [3.8, 4) is 16.9 Å². The van der Waals surface area contributed by atoms with E-state index >= 15 is 0 Å². The second-order valence-electron chi connectivity index (χ2n) is 7.42. The fourth-order valence-electron chi connectivity index (χ4n) is 3.46. The van der Waals surface area contributed by atoms with E-state index in [0.29, 0.717) is 21.9 Å². The van der Waals surface area contributed by atoms with Crippen LogP contribution in [-0.4, -0.2) is 30.0 Å². The third-order valence-electron chi connectivity index (χ3n) is 4.75. The molecule has 0 saturated carbocycles. The molecule has 0 bridgehead atoms. The first-order valence-corrected chi connectivity index (χ1v) is 11.1. The molecule has 0 aliphatic carbocycles. The maximum Gasteiger partial charge on any atom is 0.341 e. The van der Waals surface area contributed by atoms with Crippen LogP contribution in [0.3, 0.4) is 0 Å². The Kier molecular flexibility index (Phi) is 7.44. The molecule has 0 spiro atoms. The molecule has 1 heterocycles. The summed E-state index contributed by atoms with van der Waals surface area (Å²) >= 11 is 1.23. The van der Waals surface area contributed by atoms with E-state index in [1.165, 1.54) is 23.5 Å². The highest BCUT2D eigenvalue weighted by Gasteiger charge is 2.26. The number of amides is 1. The number of non-ortho nitro benzene ring substituents is 1. The zero-order chi connectivity index (χ0) is 24.1. The number of hydrogen-bond acceptors (Lipinski definition) is 7. The first kappa shape index (κ1) is 23.9. The highest BCUT2D eigenvalue weighted by atomic mass is 32.1. The highest BCUT2D eigenvalue weighted by molar-refractivity contribution is 7.17. The molecule has 1 N–H and O–H groups in total. The third-order valence-corrected chi connectivity index (χ3v) is 5.77. The summed E-state index contributed by atoms with van der Waals surface area (Å²) in [5.74, 6) is -0.417. The first-order valence-electron chi connectivity index (χ1n) is 10.3. The Morgan fingerprint density at radius 2 is 1.70 bits per heavy atom. The second kappa shape index (κ2) is 10.3. The molecule has 0 aliphatic heterocycles. The van der Waals surface area contributed by atoms with Gasteiger partial charge in [0.05, 0.1) is 11.5 Å². The van der Waals surface area contributed by atoms with Gasteiger partial charge in [-0.15, -0.1) is 11.3 Å². The lowest BCUT2D eigenvalue weighted by atomic mass is 10.0. The molecule has 8 nitrogen and oxygen atoms in total. The zero-order valence-corrected chi connectivity index (χ0v) is 19.6. The number of rotatable bonds is 8. The predicted octanol–water partition coefficient (Wildman–Crippen LogP) is 5.44. The molecule has 0 radical (unpaired) electrons. The fraction of sp³-hybridized carbons (Fsp3) is 0.250. The molecule has 0 aliphatic rings. The van der Waals surface area contributed by atoms with Gasteiger partial charge in [0.2, 0.25) is 0 Å². The van der Waals surface area contributed by atoms with Gasteiger partial charge in [-0.1, -0.05) is 6.07 Å². The number of carbonyl (C=O) groups excluding carboxylic acids is 2. The van der Waals surface area contributed by atoms with Gasteiger partial charge in [-0.2, -0.15) is 0 Å². The quantitative estimate of drug-likeness (QED) is 0.268. The largest absolute Gasteiger partial charge is 0.484 e. The van der Waals surface area contributed by atoms with Gasteiger partial charge in [0, 0.05) is 22.6 Å². The topological polar surface area (TPSA) is 108 Å². The molecule has 0 unspecified atom stereocenters. The minimum atomic E-state index is -0.583. The molecule has 33 heavy (non-hydrogen) atoms. The number of hydrogen-bond donors (Lipinski definition) is 1. The number of aryl methyl sites for hydroxylation is 3. The van der Waals surface area contributed by atoms with Crippen LogP contribution in [0.5, 0.6) is 5.75 Å². The van der Waals surface area contributed by atoms with Crippen LogP contribution in [0, 0.1) is 30.9 Å². The zero-order valence-electron chi connectivity index (χ0n) is 18.8. The Morgan fingerprint density at radius 3 is 2.27 bits per heavy atom. The standard InChI is InChI=1S/C24H24N2O6S/c1-5-31-24(28)22-21(17-6-8-18(9-7-17)26(29)30)16(4)33-23(22)25-20(27)13-32-19-11-14(2)10-15(3)12-19/h6-12H,5,13H2,1-4H3,(H,25,27). The summed E-state index contributed by atoms with van der Waals surface area (Å²) < 4.78 is 10.8. The van der Waals surface area contributed by atoms with Crippen molar-refractivity contribution in [2.75, 3.05) is 18.5 Å². The van der Waals surface area contributed by atoms with Crippen LogP contribution in [0.15, 0.2) is 42.5 Å². The van der Waals surface area contributed by atoms with E-state index in [4.69, 9.17) is 9.47 Å². The lowest BCUT2D eigenvalue weighted by molar-refractivity contribution is -0.384. The predicted molar refractivity (Wildman–Crippen MR) is 127 cm³/mol. The average molecular weight is 469 g/mol.